The van der Waals surface area contributed by atoms with Crippen LogP contribution in [0.1, 0.15) is 35.0 Å². The second-order valence-corrected chi connectivity index (χ2v) is 9.65. The Bertz CT molecular complexity index is 1040. The molecule has 1 aliphatic rings. The second-order valence-electron chi connectivity index (χ2n) is 7.42. The van der Waals surface area contributed by atoms with Gasteiger partial charge in [-0.1, -0.05) is 18.2 Å². The van der Waals surface area contributed by atoms with E-state index in [1.165, 1.54) is 6.08 Å². The van der Waals surface area contributed by atoms with Crippen LogP contribution in [-0.2, 0) is 21.2 Å². The van der Waals surface area contributed by atoms with E-state index >= 15 is 0 Å². The van der Waals surface area contributed by atoms with Crippen molar-refractivity contribution in [1.82, 2.24) is 14.7 Å². The number of para-hydroxylation sites is 1. The van der Waals surface area contributed by atoms with Crippen molar-refractivity contribution < 1.29 is 17.9 Å². The highest BCUT2D eigenvalue weighted by atomic mass is 32.2. The van der Waals surface area contributed by atoms with Gasteiger partial charge in [-0.05, 0) is 32.4 Å². The number of hydrogen-bond donors (Lipinski definition) is 0. The van der Waals surface area contributed by atoms with Crippen LogP contribution in [0, 0.1) is 13.8 Å². The molecule has 3 rings (SSSR count). The van der Waals surface area contributed by atoms with Crippen LogP contribution in [0.5, 0.6) is 5.75 Å². The minimum absolute atomic E-state index is 0.126. The molecule has 0 N–H and O–H groups in total. The van der Waals surface area contributed by atoms with Gasteiger partial charge in [0.15, 0.2) is 9.84 Å². The zero-order valence-corrected chi connectivity index (χ0v) is 18.1. The molecule has 2 aromatic rings. The first-order valence-corrected chi connectivity index (χ1v) is 11.3. The molecule has 0 bridgehead atoms. The number of aromatic nitrogens is 2. The summed E-state index contributed by atoms with van der Waals surface area (Å²) in [5.74, 6) is 0.909. The fourth-order valence-corrected chi connectivity index (χ4v) is 5.35. The van der Waals surface area contributed by atoms with E-state index in [1.807, 2.05) is 42.8 Å². The number of hydrogen-bond acceptors (Lipinski definition) is 5. The molecular formula is C21H27N3O4S. The van der Waals surface area contributed by atoms with Gasteiger partial charge in [0.05, 0.1) is 30.4 Å². The molecule has 29 heavy (non-hydrogen) atoms. The number of amides is 1. The van der Waals surface area contributed by atoms with Crippen molar-refractivity contribution in [2.24, 2.45) is 0 Å². The van der Waals surface area contributed by atoms with Crippen molar-refractivity contribution in [3.8, 4) is 5.75 Å². The van der Waals surface area contributed by atoms with Crippen LogP contribution < -0.4 is 4.74 Å². The molecule has 1 amide bonds. The minimum Gasteiger partial charge on any atom is -0.496 e. The largest absolute Gasteiger partial charge is 0.496 e. The molecule has 8 heteroatoms. The van der Waals surface area contributed by atoms with Crippen molar-refractivity contribution in [2.45, 2.75) is 32.9 Å². The van der Waals surface area contributed by atoms with Crippen molar-refractivity contribution in [3.05, 3.63) is 52.9 Å². The molecular weight excluding hydrogens is 390 g/mol. The average molecular weight is 418 g/mol. The normalized spacial score (nSPS) is 18.3. The molecule has 0 spiro atoms. The van der Waals surface area contributed by atoms with Crippen LogP contribution >= 0.6 is 0 Å². The number of ether oxygens (including phenoxy) is 1. The predicted octanol–water partition coefficient (Wildman–Crippen LogP) is 2.54. The highest BCUT2D eigenvalue weighted by Crippen LogP contribution is 2.27. The molecule has 0 unspecified atom stereocenters. The van der Waals surface area contributed by atoms with Crippen LogP contribution in [0.4, 0.5) is 0 Å². The highest BCUT2D eigenvalue weighted by molar-refractivity contribution is 7.91. The van der Waals surface area contributed by atoms with Crippen molar-refractivity contribution in [3.63, 3.8) is 0 Å². The van der Waals surface area contributed by atoms with E-state index in [2.05, 4.69) is 5.10 Å². The summed E-state index contributed by atoms with van der Waals surface area (Å²) in [5, 5.41) is 4.57. The molecule has 0 aliphatic carbocycles. The first-order valence-electron chi connectivity index (χ1n) is 9.53. The SMILES string of the molecule is COc1ccccc1/C=C/C(=O)N(C)Cc1c(C)nn([C@@H]2CCS(=O)(=O)C2)c1C. The summed E-state index contributed by atoms with van der Waals surface area (Å²) >= 11 is 0. The van der Waals surface area contributed by atoms with Crippen molar-refractivity contribution in [1.29, 1.82) is 0 Å². The van der Waals surface area contributed by atoms with E-state index in [0.717, 1.165) is 22.5 Å². The second kappa shape index (κ2) is 8.41. The number of nitrogens with zero attached hydrogens (tertiary/aromatic N) is 3. The molecule has 1 aromatic carbocycles. The third-order valence-electron chi connectivity index (χ3n) is 5.35. The zero-order chi connectivity index (χ0) is 21.2. The molecule has 1 saturated heterocycles. The lowest BCUT2D eigenvalue weighted by molar-refractivity contribution is -0.125. The summed E-state index contributed by atoms with van der Waals surface area (Å²) in [7, 11) is 0.353. The van der Waals surface area contributed by atoms with Gasteiger partial charge in [-0.2, -0.15) is 5.10 Å². The van der Waals surface area contributed by atoms with E-state index in [4.69, 9.17) is 4.74 Å². The van der Waals surface area contributed by atoms with Gasteiger partial charge in [0.25, 0.3) is 0 Å². The molecule has 1 aromatic heterocycles. The molecule has 1 fully saturated rings. The van der Waals surface area contributed by atoms with Gasteiger partial charge in [0.2, 0.25) is 5.91 Å². The molecule has 7 nitrogen and oxygen atoms in total. The quantitative estimate of drug-likeness (QED) is 0.675. The van der Waals surface area contributed by atoms with Crippen molar-refractivity contribution in [2.75, 3.05) is 25.7 Å². The standard InChI is InChI=1S/C21H27N3O4S/c1-15-19(16(2)24(22-15)18-11-12-29(26,27)14-18)13-23(3)21(25)10-9-17-7-5-6-8-20(17)28-4/h5-10,18H,11-14H2,1-4H3/b10-9+/t18-/m1/s1. The Labute approximate surface area is 171 Å². The zero-order valence-electron chi connectivity index (χ0n) is 17.3. The first-order chi connectivity index (χ1) is 13.7. The third kappa shape index (κ3) is 4.70. The lowest BCUT2D eigenvalue weighted by atomic mass is 10.1. The summed E-state index contributed by atoms with van der Waals surface area (Å²) in [6.07, 6.45) is 3.85. The highest BCUT2D eigenvalue weighted by Gasteiger charge is 2.31. The summed E-state index contributed by atoms with van der Waals surface area (Å²) in [6.45, 7) is 4.24. The fourth-order valence-electron chi connectivity index (χ4n) is 3.66. The summed E-state index contributed by atoms with van der Waals surface area (Å²) < 4.78 is 30.7. The molecule has 156 valence electrons. The third-order valence-corrected chi connectivity index (χ3v) is 7.10. The monoisotopic (exact) mass is 417 g/mol. The van der Waals surface area contributed by atoms with Gasteiger partial charge in [-0.25, -0.2) is 8.42 Å². The number of sulfone groups is 1. The Kier molecular flexibility index (Phi) is 6.12. The maximum absolute atomic E-state index is 12.6. The summed E-state index contributed by atoms with van der Waals surface area (Å²) in [4.78, 5) is 14.2. The Hall–Kier alpha value is -2.61. The van der Waals surface area contributed by atoms with E-state index in [9.17, 15) is 13.2 Å². The fraction of sp³-hybridized carbons (Fsp3) is 0.429. The Morgan fingerprint density at radius 3 is 2.72 bits per heavy atom. The number of likely N-dealkylation sites (N-methyl/N-ethyl adjacent to an activating group) is 1. The van der Waals surface area contributed by atoms with Crippen LogP contribution in [0.25, 0.3) is 6.08 Å². The number of carbonyl (C=O) groups is 1. The molecule has 2 heterocycles. The van der Waals surface area contributed by atoms with Gasteiger partial charge < -0.3 is 9.64 Å². The maximum atomic E-state index is 12.6. The smallest absolute Gasteiger partial charge is 0.246 e. The number of benzene rings is 1. The van der Waals surface area contributed by atoms with E-state index in [1.54, 1.807) is 25.1 Å². The number of rotatable bonds is 6. The molecule has 0 radical (unpaired) electrons. The Morgan fingerprint density at radius 1 is 1.34 bits per heavy atom. The molecule has 0 saturated carbocycles. The summed E-state index contributed by atoms with van der Waals surface area (Å²) in [5.41, 5.74) is 3.52. The van der Waals surface area contributed by atoms with E-state index in [-0.39, 0.29) is 23.5 Å². The van der Waals surface area contributed by atoms with Crippen LogP contribution in [0.2, 0.25) is 0 Å². The summed E-state index contributed by atoms with van der Waals surface area (Å²) in [6, 6.07) is 7.37. The van der Waals surface area contributed by atoms with Gasteiger partial charge >= 0.3 is 0 Å². The first kappa shape index (κ1) is 21.1. The minimum atomic E-state index is -2.98. The average Bonchev–Trinajstić information content (AvgIpc) is 3.19. The van der Waals surface area contributed by atoms with E-state index < -0.39 is 9.84 Å². The topological polar surface area (TPSA) is 81.5 Å². The predicted molar refractivity (Wildman–Crippen MR) is 113 cm³/mol. The van der Waals surface area contributed by atoms with Crippen molar-refractivity contribution >= 4 is 21.8 Å². The lowest BCUT2D eigenvalue weighted by Gasteiger charge is -2.16. The van der Waals surface area contributed by atoms with Gasteiger partial charge in [0, 0.05) is 36.5 Å². The molecule has 1 atom stereocenters. The number of carbonyl (C=O) groups excluding carboxylic acids is 1. The van der Waals surface area contributed by atoms with Crippen LogP contribution in [-0.4, -0.2) is 54.7 Å². The van der Waals surface area contributed by atoms with Crippen LogP contribution in [0.15, 0.2) is 30.3 Å². The van der Waals surface area contributed by atoms with E-state index in [0.29, 0.717) is 18.7 Å². The van der Waals surface area contributed by atoms with Gasteiger partial charge in [-0.3, -0.25) is 9.48 Å². The number of aryl methyl sites for hydroxylation is 1. The van der Waals surface area contributed by atoms with Gasteiger partial charge in [-0.15, -0.1) is 0 Å². The molecule has 1 aliphatic heterocycles. The number of methoxy groups -OCH3 is 1. The Balaban J connectivity index is 1.73. The maximum Gasteiger partial charge on any atom is 0.246 e. The Morgan fingerprint density at radius 2 is 2.07 bits per heavy atom. The van der Waals surface area contributed by atoms with Gasteiger partial charge in [0.1, 0.15) is 5.75 Å². The lowest BCUT2D eigenvalue weighted by Crippen LogP contribution is -2.24. The van der Waals surface area contributed by atoms with Crippen LogP contribution in [0.3, 0.4) is 0 Å².